The lowest BCUT2D eigenvalue weighted by molar-refractivity contribution is 0.105. The number of imidazole rings is 2. The molecule has 0 fully saturated rings. The van der Waals surface area contributed by atoms with Crippen molar-refractivity contribution >= 4 is 17.1 Å². The molecule has 0 amide bonds. The molecule has 5 aromatic heterocycles. The SMILES string of the molecule is CC#CC(=O)c1ccn2ccnc2c1.Cc1cc(-c2ccn3ccnc3c2)no1. The Hall–Kier alpha value is -4.18. The molecule has 0 aliphatic heterocycles. The van der Waals surface area contributed by atoms with Gasteiger partial charge in [0.2, 0.25) is 5.78 Å². The fourth-order valence-corrected chi connectivity index (χ4v) is 2.81. The molecule has 29 heavy (non-hydrogen) atoms. The summed E-state index contributed by atoms with van der Waals surface area (Å²) in [5, 5.41) is 3.97. The highest BCUT2D eigenvalue weighted by Crippen LogP contribution is 2.19. The summed E-state index contributed by atoms with van der Waals surface area (Å²) in [4.78, 5) is 19.7. The van der Waals surface area contributed by atoms with Crippen LogP contribution in [0.5, 0.6) is 0 Å². The van der Waals surface area contributed by atoms with Crippen LogP contribution in [0.15, 0.2) is 72.0 Å². The second kappa shape index (κ2) is 7.82. The van der Waals surface area contributed by atoms with E-state index in [1.54, 1.807) is 37.6 Å². The molecule has 0 bridgehead atoms. The van der Waals surface area contributed by atoms with Crippen LogP contribution in [0.25, 0.3) is 22.6 Å². The number of fused-ring (bicyclic) bond motifs is 2. The second-order valence-corrected chi connectivity index (χ2v) is 6.24. The zero-order valence-electron chi connectivity index (χ0n) is 15.9. The molecule has 0 atom stereocenters. The summed E-state index contributed by atoms with van der Waals surface area (Å²) in [6, 6.07) is 9.35. The van der Waals surface area contributed by atoms with Gasteiger partial charge in [0.15, 0.2) is 0 Å². The monoisotopic (exact) mass is 383 g/mol. The highest BCUT2D eigenvalue weighted by molar-refractivity contribution is 6.09. The first-order chi connectivity index (χ1) is 14.1. The van der Waals surface area contributed by atoms with Gasteiger partial charge < -0.3 is 13.3 Å². The number of ketones is 1. The van der Waals surface area contributed by atoms with Gasteiger partial charge in [-0.05, 0) is 44.0 Å². The van der Waals surface area contributed by atoms with Crippen molar-refractivity contribution in [2.45, 2.75) is 13.8 Å². The van der Waals surface area contributed by atoms with Crippen molar-refractivity contribution in [3.8, 4) is 23.1 Å². The van der Waals surface area contributed by atoms with E-state index < -0.39 is 0 Å². The Morgan fingerprint density at radius 3 is 2.31 bits per heavy atom. The number of pyridine rings is 2. The first-order valence-corrected chi connectivity index (χ1v) is 8.90. The molecule has 0 N–H and O–H groups in total. The molecular weight excluding hydrogens is 366 g/mol. The number of rotatable bonds is 2. The molecule has 5 aromatic rings. The molecule has 0 aliphatic carbocycles. The maximum atomic E-state index is 11.4. The highest BCUT2D eigenvalue weighted by Gasteiger charge is 2.05. The molecule has 5 rings (SSSR count). The van der Waals surface area contributed by atoms with Crippen molar-refractivity contribution in [2.75, 3.05) is 0 Å². The standard InChI is InChI=1S/C11H9N3O.C11H8N2O/c1-8-6-10(13-15-8)9-2-4-14-5-3-12-11(14)7-9;1-2-3-10(14)9-4-6-13-7-5-12-11(13)8-9/h2-7H,1H3;4-8H,1H3. The van der Waals surface area contributed by atoms with Crippen molar-refractivity contribution in [1.82, 2.24) is 23.9 Å². The first-order valence-electron chi connectivity index (χ1n) is 8.90. The molecule has 0 saturated heterocycles. The molecule has 7 heteroatoms. The molecule has 0 radical (unpaired) electrons. The summed E-state index contributed by atoms with van der Waals surface area (Å²) in [5.74, 6) is 5.72. The van der Waals surface area contributed by atoms with E-state index in [4.69, 9.17) is 4.52 Å². The number of Topliss-reactive ketones (excluding diaryl/α,β-unsaturated/α-hetero) is 1. The van der Waals surface area contributed by atoms with Crippen LogP contribution in [-0.2, 0) is 0 Å². The summed E-state index contributed by atoms with van der Waals surface area (Å²) in [6.45, 7) is 3.52. The van der Waals surface area contributed by atoms with Crippen LogP contribution in [-0.4, -0.2) is 29.7 Å². The van der Waals surface area contributed by atoms with E-state index in [1.807, 2.05) is 52.5 Å². The zero-order chi connectivity index (χ0) is 20.2. The van der Waals surface area contributed by atoms with E-state index in [0.29, 0.717) is 5.56 Å². The molecule has 7 nitrogen and oxygen atoms in total. The predicted molar refractivity (Wildman–Crippen MR) is 108 cm³/mol. The van der Waals surface area contributed by atoms with Crippen molar-refractivity contribution in [2.24, 2.45) is 0 Å². The van der Waals surface area contributed by atoms with Crippen LogP contribution in [0.1, 0.15) is 23.0 Å². The minimum absolute atomic E-state index is 0.169. The van der Waals surface area contributed by atoms with Gasteiger partial charge in [-0.1, -0.05) is 11.1 Å². The first kappa shape index (κ1) is 18.2. The van der Waals surface area contributed by atoms with Crippen LogP contribution in [0, 0.1) is 18.8 Å². The summed E-state index contributed by atoms with van der Waals surface area (Å²) in [7, 11) is 0. The lowest BCUT2D eigenvalue weighted by atomic mass is 10.2. The quantitative estimate of drug-likeness (QED) is 0.263. The zero-order valence-corrected chi connectivity index (χ0v) is 15.9. The lowest BCUT2D eigenvalue weighted by Crippen LogP contribution is -1.96. The lowest BCUT2D eigenvalue weighted by Gasteiger charge is -1.96. The van der Waals surface area contributed by atoms with E-state index in [1.165, 1.54) is 0 Å². The van der Waals surface area contributed by atoms with Crippen molar-refractivity contribution in [1.29, 1.82) is 0 Å². The Morgan fingerprint density at radius 1 is 0.966 bits per heavy atom. The number of aromatic nitrogens is 5. The maximum Gasteiger partial charge on any atom is 0.236 e. The summed E-state index contributed by atoms with van der Waals surface area (Å²) < 4.78 is 8.83. The van der Waals surface area contributed by atoms with Crippen LogP contribution in [0.3, 0.4) is 0 Å². The molecule has 0 unspecified atom stereocenters. The molecule has 5 heterocycles. The molecule has 142 valence electrons. The topological polar surface area (TPSA) is 77.7 Å². The molecule has 0 spiro atoms. The Balaban J connectivity index is 0.000000142. The van der Waals surface area contributed by atoms with E-state index in [0.717, 1.165) is 28.3 Å². The number of hydrogen-bond acceptors (Lipinski definition) is 5. The average molecular weight is 383 g/mol. The number of hydrogen-bond donors (Lipinski definition) is 0. The third-order valence-electron chi connectivity index (χ3n) is 4.22. The third kappa shape index (κ3) is 3.92. The van der Waals surface area contributed by atoms with Gasteiger partial charge in [-0.15, -0.1) is 0 Å². The van der Waals surface area contributed by atoms with Gasteiger partial charge in [-0.2, -0.15) is 0 Å². The van der Waals surface area contributed by atoms with Crippen LogP contribution in [0.2, 0.25) is 0 Å². The van der Waals surface area contributed by atoms with Gasteiger partial charge in [0.1, 0.15) is 22.7 Å². The smallest absolute Gasteiger partial charge is 0.236 e. The van der Waals surface area contributed by atoms with Crippen molar-refractivity contribution < 1.29 is 9.32 Å². The van der Waals surface area contributed by atoms with Crippen LogP contribution in [0.4, 0.5) is 0 Å². The summed E-state index contributed by atoms with van der Waals surface area (Å²) in [6.07, 6.45) is 11.0. The largest absolute Gasteiger partial charge is 0.361 e. The average Bonchev–Trinajstić information content (AvgIpc) is 3.47. The second-order valence-electron chi connectivity index (χ2n) is 6.24. The fraction of sp³-hybridized carbons (Fsp3) is 0.0909. The Morgan fingerprint density at radius 2 is 1.66 bits per heavy atom. The summed E-state index contributed by atoms with van der Waals surface area (Å²) >= 11 is 0. The third-order valence-corrected chi connectivity index (χ3v) is 4.22. The number of nitrogens with zero attached hydrogens (tertiary/aromatic N) is 5. The van der Waals surface area contributed by atoms with Crippen molar-refractivity contribution in [3.05, 3.63) is 78.8 Å². The van der Waals surface area contributed by atoms with E-state index in [-0.39, 0.29) is 5.78 Å². The normalized spacial score (nSPS) is 10.3. The fourth-order valence-electron chi connectivity index (χ4n) is 2.81. The predicted octanol–water partition coefficient (Wildman–Crippen LogP) is 3.84. The molecule has 0 aliphatic rings. The van der Waals surface area contributed by atoms with Gasteiger partial charge in [0.05, 0.1) is 0 Å². The van der Waals surface area contributed by atoms with Crippen LogP contribution >= 0.6 is 0 Å². The Bertz CT molecular complexity index is 1360. The molecule has 0 aromatic carbocycles. The van der Waals surface area contributed by atoms with Crippen LogP contribution < -0.4 is 0 Å². The Labute approximate surface area is 166 Å². The van der Waals surface area contributed by atoms with Gasteiger partial charge in [-0.25, -0.2) is 9.97 Å². The van der Waals surface area contributed by atoms with E-state index >= 15 is 0 Å². The van der Waals surface area contributed by atoms with Gasteiger partial charge in [0, 0.05) is 54.4 Å². The number of carbonyl (C=O) groups is 1. The van der Waals surface area contributed by atoms with Crippen molar-refractivity contribution in [3.63, 3.8) is 0 Å². The van der Waals surface area contributed by atoms with E-state index in [9.17, 15) is 4.79 Å². The Kier molecular flexibility index (Phi) is 4.91. The van der Waals surface area contributed by atoms with Gasteiger partial charge in [-0.3, -0.25) is 4.79 Å². The van der Waals surface area contributed by atoms with Gasteiger partial charge >= 0.3 is 0 Å². The molecule has 0 saturated carbocycles. The minimum atomic E-state index is -0.169. The number of carbonyl (C=O) groups excluding carboxylic acids is 1. The number of aryl methyl sites for hydroxylation is 1. The minimum Gasteiger partial charge on any atom is -0.361 e. The highest BCUT2D eigenvalue weighted by atomic mass is 16.5. The molecular formula is C22H17N5O2. The maximum absolute atomic E-state index is 11.4. The van der Waals surface area contributed by atoms with Gasteiger partial charge in [0.25, 0.3) is 0 Å². The van der Waals surface area contributed by atoms with E-state index in [2.05, 4.69) is 27.0 Å². The summed E-state index contributed by atoms with van der Waals surface area (Å²) in [5.41, 5.74) is 4.11.